The molecular formula is C17H14N2O. The van der Waals surface area contributed by atoms with Gasteiger partial charge in [-0.05, 0) is 30.7 Å². The second kappa shape index (κ2) is 4.78. The number of hydrogen-bond donors (Lipinski definition) is 1. The SMILES string of the molecule is Cc1ccc(C(=O)c2cnc3ccccc3c2)cc1N. The van der Waals surface area contributed by atoms with E-state index >= 15 is 0 Å². The van der Waals surface area contributed by atoms with Gasteiger partial charge in [0.2, 0.25) is 0 Å². The van der Waals surface area contributed by atoms with Gasteiger partial charge in [-0.25, -0.2) is 0 Å². The van der Waals surface area contributed by atoms with Crippen molar-refractivity contribution in [2.75, 3.05) is 5.73 Å². The van der Waals surface area contributed by atoms with E-state index in [2.05, 4.69) is 4.98 Å². The monoisotopic (exact) mass is 262 g/mol. The molecule has 98 valence electrons. The highest BCUT2D eigenvalue weighted by molar-refractivity contribution is 6.10. The van der Waals surface area contributed by atoms with Gasteiger partial charge < -0.3 is 5.73 Å². The largest absolute Gasteiger partial charge is 0.398 e. The van der Waals surface area contributed by atoms with Crippen molar-refractivity contribution in [3.63, 3.8) is 0 Å². The van der Waals surface area contributed by atoms with Crippen LogP contribution in [-0.2, 0) is 0 Å². The maximum Gasteiger partial charge on any atom is 0.194 e. The summed E-state index contributed by atoms with van der Waals surface area (Å²) < 4.78 is 0. The number of benzene rings is 2. The van der Waals surface area contributed by atoms with Crippen LogP contribution in [0.25, 0.3) is 10.9 Å². The van der Waals surface area contributed by atoms with Crippen molar-refractivity contribution in [3.8, 4) is 0 Å². The van der Waals surface area contributed by atoms with Crippen LogP contribution in [0.3, 0.4) is 0 Å². The Balaban J connectivity index is 2.05. The Morgan fingerprint density at radius 2 is 1.85 bits per heavy atom. The van der Waals surface area contributed by atoms with E-state index in [0.717, 1.165) is 16.5 Å². The predicted molar refractivity (Wildman–Crippen MR) is 80.8 cm³/mol. The number of nitrogens with two attached hydrogens (primary N) is 1. The van der Waals surface area contributed by atoms with Crippen molar-refractivity contribution < 1.29 is 4.79 Å². The highest BCUT2D eigenvalue weighted by atomic mass is 16.1. The number of aromatic nitrogens is 1. The fourth-order valence-corrected chi connectivity index (χ4v) is 2.14. The Labute approximate surface area is 117 Å². The molecular weight excluding hydrogens is 248 g/mol. The van der Waals surface area contributed by atoms with E-state index < -0.39 is 0 Å². The van der Waals surface area contributed by atoms with E-state index in [9.17, 15) is 4.79 Å². The average molecular weight is 262 g/mol. The first-order chi connectivity index (χ1) is 9.65. The Bertz CT molecular complexity index is 809. The van der Waals surface area contributed by atoms with Gasteiger partial charge in [0.15, 0.2) is 5.78 Å². The van der Waals surface area contributed by atoms with Crippen LogP contribution in [0.5, 0.6) is 0 Å². The Morgan fingerprint density at radius 3 is 2.65 bits per heavy atom. The predicted octanol–water partition coefficient (Wildman–Crippen LogP) is 3.36. The molecule has 0 amide bonds. The zero-order chi connectivity index (χ0) is 14.1. The first kappa shape index (κ1) is 12.4. The Kier molecular flexibility index (Phi) is 2.95. The Hall–Kier alpha value is -2.68. The molecule has 0 fully saturated rings. The van der Waals surface area contributed by atoms with Crippen molar-refractivity contribution in [1.29, 1.82) is 0 Å². The van der Waals surface area contributed by atoms with Crippen molar-refractivity contribution >= 4 is 22.4 Å². The molecule has 1 aromatic heterocycles. The number of hydrogen-bond acceptors (Lipinski definition) is 3. The summed E-state index contributed by atoms with van der Waals surface area (Å²) in [5, 5.41) is 0.957. The van der Waals surface area contributed by atoms with Crippen LogP contribution in [0, 0.1) is 6.92 Å². The van der Waals surface area contributed by atoms with Crippen molar-refractivity contribution in [1.82, 2.24) is 4.98 Å². The number of nitrogens with zero attached hydrogens (tertiary/aromatic N) is 1. The lowest BCUT2D eigenvalue weighted by atomic mass is 10.0. The lowest BCUT2D eigenvalue weighted by molar-refractivity contribution is 0.103. The fourth-order valence-electron chi connectivity index (χ4n) is 2.14. The third-order valence-corrected chi connectivity index (χ3v) is 3.39. The number of ketones is 1. The fraction of sp³-hybridized carbons (Fsp3) is 0.0588. The lowest BCUT2D eigenvalue weighted by Crippen LogP contribution is -2.03. The van der Waals surface area contributed by atoms with Crippen molar-refractivity contribution in [2.45, 2.75) is 6.92 Å². The van der Waals surface area contributed by atoms with Crippen LogP contribution in [-0.4, -0.2) is 10.8 Å². The summed E-state index contributed by atoms with van der Waals surface area (Å²) in [4.78, 5) is 16.8. The molecule has 0 saturated carbocycles. The van der Waals surface area contributed by atoms with Crippen LogP contribution in [0.15, 0.2) is 54.7 Å². The quantitative estimate of drug-likeness (QED) is 0.569. The molecule has 0 spiro atoms. The smallest absolute Gasteiger partial charge is 0.194 e. The lowest BCUT2D eigenvalue weighted by Gasteiger charge is -2.05. The van der Waals surface area contributed by atoms with Crippen LogP contribution < -0.4 is 5.73 Å². The summed E-state index contributed by atoms with van der Waals surface area (Å²) in [7, 11) is 0. The molecule has 3 rings (SSSR count). The van der Waals surface area contributed by atoms with Crippen LogP contribution in [0.2, 0.25) is 0 Å². The maximum absolute atomic E-state index is 12.5. The van der Waals surface area contributed by atoms with Crippen molar-refractivity contribution in [3.05, 3.63) is 71.4 Å². The number of pyridine rings is 1. The molecule has 0 aliphatic carbocycles. The van der Waals surface area contributed by atoms with Gasteiger partial charge >= 0.3 is 0 Å². The molecule has 0 unspecified atom stereocenters. The molecule has 0 atom stereocenters. The van der Waals surface area contributed by atoms with E-state index in [1.807, 2.05) is 43.3 Å². The summed E-state index contributed by atoms with van der Waals surface area (Å²) in [5.74, 6) is -0.0602. The van der Waals surface area contributed by atoms with Gasteiger partial charge in [0.1, 0.15) is 0 Å². The molecule has 0 aliphatic rings. The van der Waals surface area contributed by atoms with Gasteiger partial charge in [-0.1, -0.05) is 30.3 Å². The first-order valence-corrected chi connectivity index (χ1v) is 6.41. The topological polar surface area (TPSA) is 56.0 Å². The highest BCUT2D eigenvalue weighted by Crippen LogP contribution is 2.18. The molecule has 3 aromatic rings. The maximum atomic E-state index is 12.5. The third kappa shape index (κ3) is 2.14. The number of para-hydroxylation sites is 1. The number of nitrogen functional groups attached to an aromatic ring is 1. The van der Waals surface area contributed by atoms with Gasteiger partial charge in [0.05, 0.1) is 5.52 Å². The minimum absolute atomic E-state index is 0.0602. The zero-order valence-corrected chi connectivity index (χ0v) is 11.1. The van der Waals surface area contributed by atoms with E-state index in [4.69, 9.17) is 5.73 Å². The van der Waals surface area contributed by atoms with Gasteiger partial charge in [0.25, 0.3) is 0 Å². The number of rotatable bonds is 2. The summed E-state index contributed by atoms with van der Waals surface area (Å²) in [6, 6.07) is 15.0. The number of anilines is 1. The van der Waals surface area contributed by atoms with Gasteiger partial charge in [-0.2, -0.15) is 0 Å². The summed E-state index contributed by atoms with van der Waals surface area (Å²) >= 11 is 0. The molecule has 1 heterocycles. The minimum Gasteiger partial charge on any atom is -0.398 e. The normalized spacial score (nSPS) is 10.7. The minimum atomic E-state index is -0.0602. The summed E-state index contributed by atoms with van der Waals surface area (Å²) in [6.45, 7) is 1.92. The average Bonchev–Trinajstić information content (AvgIpc) is 2.49. The molecule has 0 saturated heterocycles. The first-order valence-electron chi connectivity index (χ1n) is 6.41. The van der Waals surface area contributed by atoms with Gasteiger partial charge in [-0.15, -0.1) is 0 Å². The summed E-state index contributed by atoms with van der Waals surface area (Å²) in [6.07, 6.45) is 1.61. The summed E-state index contributed by atoms with van der Waals surface area (Å²) in [5.41, 5.74) is 9.50. The highest BCUT2D eigenvalue weighted by Gasteiger charge is 2.11. The van der Waals surface area contributed by atoms with Gasteiger partial charge in [0, 0.05) is 28.4 Å². The second-order valence-electron chi connectivity index (χ2n) is 4.82. The van der Waals surface area contributed by atoms with Crippen LogP contribution in [0.4, 0.5) is 5.69 Å². The molecule has 3 nitrogen and oxygen atoms in total. The Morgan fingerprint density at radius 1 is 1.05 bits per heavy atom. The van der Waals surface area contributed by atoms with E-state index in [0.29, 0.717) is 16.8 Å². The molecule has 0 aliphatic heterocycles. The third-order valence-electron chi connectivity index (χ3n) is 3.39. The van der Waals surface area contributed by atoms with Gasteiger partial charge in [-0.3, -0.25) is 9.78 Å². The van der Waals surface area contributed by atoms with Crippen LogP contribution >= 0.6 is 0 Å². The van der Waals surface area contributed by atoms with E-state index in [-0.39, 0.29) is 5.78 Å². The molecule has 3 heteroatoms. The van der Waals surface area contributed by atoms with Crippen molar-refractivity contribution in [2.24, 2.45) is 0 Å². The van der Waals surface area contributed by atoms with Crippen LogP contribution in [0.1, 0.15) is 21.5 Å². The zero-order valence-electron chi connectivity index (χ0n) is 11.1. The number of aryl methyl sites for hydroxylation is 1. The molecule has 0 radical (unpaired) electrons. The molecule has 0 bridgehead atoms. The molecule has 2 N–H and O–H groups in total. The number of fused-ring (bicyclic) bond motifs is 1. The number of carbonyl (C=O) groups excluding carboxylic acids is 1. The second-order valence-corrected chi connectivity index (χ2v) is 4.82. The number of carbonyl (C=O) groups is 1. The van der Waals surface area contributed by atoms with E-state index in [1.54, 1.807) is 18.3 Å². The standard InChI is InChI=1S/C17H14N2O/c1-11-6-7-13(9-15(11)18)17(20)14-8-12-4-2-3-5-16(12)19-10-14/h2-10H,18H2,1H3. The molecule has 20 heavy (non-hydrogen) atoms. The molecule has 2 aromatic carbocycles. The van der Waals surface area contributed by atoms with E-state index in [1.165, 1.54) is 0 Å².